The van der Waals surface area contributed by atoms with E-state index in [2.05, 4.69) is 24.1 Å². The molecule has 5 nitrogen and oxygen atoms in total. The van der Waals surface area contributed by atoms with Crippen molar-refractivity contribution in [2.45, 2.75) is 33.2 Å². The molecule has 0 fully saturated rings. The Morgan fingerprint density at radius 3 is 2.74 bits per heavy atom. The van der Waals surface area contributed by atoms with Crippen LogP contribution in [0.4, 0.5) is 11.4 Å². The number of hydrogen-bond donors (Lipinski definition) is 2. The number of anilines is 2. The van der Waals surface area contributed by atoms with E-state index in [0.29, 0.717) is 18.2 Å². The third-order valence-corrected chi connectivity index (χ3v) is 3.19. The van der Waals surface area contributed by atoms with Crippen LogP contribution < -0.4 is 16.0 Å². The van der Waals surface area contributed by atoms with Gasteiger partial charge in [-0.25, -0.2) is 0 Å². The molecule has 0 aliphatic carbocycles. The van der Waals surface area contributed by atoms with E-state index in [1.165, 1.54) is 0 Å². The monoisotopic (exact) mass is 264 g/mol. The lowest BCUT2D eigenvalue weighted by atomic mass is 10.1. The normalized spacial score (nSPS) is 12.3. The summed E-state index contributed by atoms with van der Waals surface area (Å²) in [5, 5.41) is 2.95. The first kappa shape index (κ1) is 15.3. The number of carbonyl (C=O) groups is 1. The molecule has 0 aliphatic heterocycles. The summed E-state index contributed by atoms with van der Waals surface area (Å²) in [7, 11) is 1.86. The molecule has 5 heteroatoms. The molecule has 1 amide bonds. The summed E-state index contributed by atoms with van der Waals surface area (Å²) in [6.45, 7) is 6.85. The Bertz CT molecular complexity index is 420. The highest BCUT2D eigenvalue weighted by atomic mass is 16.2. The highest BCUT2D eigenvalue weighted by Gasteiger charge is 2.19. The largest absolute Gasteiger partial charge is 0.396 e. The van der Waals surface area contributed by atoms with Crippen molar-refractivity contribution >= 4 is 17.3 Å². The van der Waals surface area contributed by atoms with Crippen LogP contribution in [0.15, 0.2) is 18.5 Å². The van der Waals surface area contributed by atoms with Gasteiger partial charge in [0.05, 0.1) is 17.6 Å². The molecular weight excluding hydrogens is 240 g/mol. The van der Waals surface area contributed by atoms with Gasteiger partial charge in [-0.15, -0.1) is 0 Å². The molecule has 1 rings (SSSR count). The van der Waals surface area contributed by atoms with Crippen molar-refractivity contribution in [3.63, 3.8) is 0 Å². The maximum atomic E-state index is 12.0. The van der Waals surface area contributed by atoms with E-state index in [4.69, 9.17) is 5.73 Å². The SMILES string of the molecule is CC(C)CCNC(=O)C(C)N(C)c1ccncc1N. The van der Waals surface area contributed by atoms with E-state index < -0.39 is 0 Å². The minimum absolute atomic E-state index is 0.0133. The lowest BCUT2D eigenvalue weighted by Crippen LogP contribution is -2.44. The van der Waals surface area contributed by atoms with Crippen LogP contribution in [0, 0.1) is 5.92 Å². The summed E-state index contributed by atoms with van der Waals surface area (Å²) in [6.07, 6.45) is 4.25. The molecule has 1 aromatic rings. The third-order valence-electron chi connectivity index (χ3n) is 3.19. The van der Waals surface area contributed by atoms with Crippen LogP contribution in [0.3, 0.4) is 0 Å². The zero-order valence-corrected chi connectivity index (χ0v) is 12.2. The van der Waals surface area contributed by atoms with Crippen molar-refractivity contribution in [3.8, 4) is 0 Å². The Hall–Kier alpha value is -1.78. The topological polar surface area (TPSA) is 71.2 Å². The van der Waals surface area contributed by atoms with Crippen molar-refractivity contribution in [1.82, 2.24) is 10.3 Å². The van der Waals surface area contributed by atoms with Gasteiger partial charge in [-0.05, 0) is 25.3 Å². The van der Waals surface area contributed by atoms with E-state index in [0.717, 1.165) is 12.1 Å². The Balaban J connectivity index is 2.59. The Morgan fingerprint density at radius 2 is 2.16 bits per heavy atom. The second kappa shape index (κ2) is 6.97. The van der Waals surface area contributed by atoms with Crippen LogP contribution in [0.5, 0.6) is 0 Å². The Labute approximate surface area is 115 Å². The molecule has 1 heterocycles. The van der Waals surface area contributed by atoms with E-state index in [-0.39, 0.29) is 11.9 Å². The van der Waals surface area contributed by atoms with E-state index in [1.54, 1.807) is 12.4 Å². The van der Waals surface area contributed by atoms with Crippen LogP contribution in [-0.4, -0.2) is 30.5 Å². The zero-order valence-electron chi connectivity index (χ0n) is 12.2. The van der Waals surface area contributed by atoms with Gasteiger partial charge in [0, 0.05) is 19.8 Å². The number of rotatable bonds is 6. The molecule has 1 atom stereocenters. The molecule has 0 bridgehead atoms. The molecule has 19 heavy (non-hydrogen) atoms. The molecule has 0 aliphatic rings. The van der Waals surface area contributed by atoms with Crippen molar-refractivity contribution in [3.05, 3.63) is 18.5 Å². The van der Waals surface area contributed by atoms with E-state index >= 15 is 0 Å². The molecular formula is C14H24N4O. The predicted molar refractivity (Wildman–Crippen MR) is 79.0 cm³/mol. The number of carbonyl (C=O) groups excluding carboxylic acids is 1. The van der Waals surface area contributed by atoms with Gasteiger partial charge in [0.2, 0.25) is 5.91 Å². The van der Waals surface area contributed by atoms with Gasteiger partial charge in [-0.1, -0.05) is 13.8 Å². The zero-order chi connectivity index (χ0) is 14.4. The molecule has 0 spiro atoms. The molecule has 106 valence electrons. The maximum absolute atomic E-state index is 12.0. The van der Waals surface area contributed by atoms with Crippen molar-refractivity contribution < 1.29 is 4.79 Å². The highest BCUT2D eigenvalue weighted by Crippen LogP contribution is 2.21. The first-order chi connectivity index (χ1) is 8.93. The predicted octanol–water partition coefficient (Wildman–Crippen LogP) is 1.65. The molecule has 3 N–H and O–H groups in total. The second-order valence-corrected chi connectivity index (χ2v) is 5.19. The fraction of sp³-hybridized carbons (Fsp3) is 0.571. The van der Waals surface area contributed by atoms with Gasteiger partial charge in [-0.3, -0.25) is 9.78 Å². The quantitative estimate of drug-likeness (QED) is 0.819. The van der Waals surface area contributed by atoms with Crippen molar-refractivity contribution in [2.24, 2.45) is 5.92 Å². The van der Waals surface area contributed by atoms with E-state index in [9.17, 15) is 4.79 Å². The number of nitrogens with one attached hydrogen (secondary N) is 1. The Morgan fingerprint density at radius 1 is 1.47 bits per heavy atom. The number of amides is 1. The van der Waals surface area contributed by atoms with E-state index in [1.807, 2.05) is 24.9 Å². The summed E-state index contributed by atoms with van der Waals surface area (Å²) in [5.41, 5.74) is 7.26. The molecule has 0 radical (unpaired) electrons. The number of aromatic nitrogens is 1. The molecule has 0 aromatic carbocycles. The summed E-state index contributed by atoms with van der Waals surface area (Å²) in [6, 6.07) is 1.55. The summed E-state index contributed by atoms with van der Waals surface area (Å²) >= 11 is 0. The number of likely N-dealkylation sites (N-methyl/N-ethyl adjacent to an activating group) is 1. The van der Waals surface area contributed by atoms with Crippen LogP contribution >= 0.6 is 0 Å². The Kier molecular flexibility index (Phi) is 5.60. The first-order valence-corrected chi connectivity index (χ1v) is 6.63. The molecule has 0 saturated heterocycles. The average Bonchev–Trinajstić information content (AvgIpc) is 2.37. The fourth-order valence-electron chi connectivity index (χ4n) is 1.74. The third kappa shape index (κ3) is 4.43. The van der Waals surface area contributed by atoms with Crippen LogP contribution in [0.1, 0.15) is 27.2 Å². The van der Waals surface area contributed by atoms with Crippen molar-refractivity contribution in [2.75, 3.05) is 24.2 Å². The lowest BCUT2D eigenvalue weighted by molar-refractivity contribution is -0.122. The van der Waals surface area contributed by atoms with Crippen LogP contribution in [0.2, 0.25) is 0 Å². The minimum Gasteiger partial charge on any atom is -0.396 e. The fourth-order valence-corrected chi connectivity index (χ4v) is 1.74. The van der Waals surface area contributed by atoms with Gasteiger partial charge in [0.25, 0.3) is 0 Å². The second-order valence-electron chi connectivity index (χ2n) is 5.19. The number of nitrogen functional groups attached to an aromatic ring is 1. The van der Waals surface area contributed by atoms with Gasteiger partial charge >= 0.3 is 0 Å². The standard InChI is InChI=1S/C14H24N4O/c1-10(2)5-8-17-14(19)11(3)18(4)13-6-7-16-9-12(13)15/h6-7,9-11H,5,8,15H2,1-4H3,(H,17,19). The summed E-state index contributed by atoms with van der Waals surface area (Å²) < 4.78 is 0. The maximum Gasteiger partial charge on any atom is 0.242 e. The highest BCUT2D eigenvalue weighted by molar-refractivity contribution is 5.85. The molecule has 1 aromatic heterocycles. The van der Waals surface area contributed by atoms with Gasteiger partial charge in [0.1, 0.15) is 6.04 Å². The minimum atomic E-state index is -0.267. The first-order valence-electron chi connectivity index (χ1n) is 6.63. The van der Waals surface area contributed by atoms with Gasteiger partial charge < -0.3 is 16.0 Å². The average molecular weight is 264 g/mol. The number of pyridine rings is 1. The lowest BCUT2D eigenvalue weighted by Gasteiger charge is -2.27. The summed E-state index contributed by atoms with van der Waals surface area (Å²) in [5.74, 6) is 0.601. The van der Waals surface area contributed by atoms with Crippen LogP contribution in [-0.2, 0) is 4.79 Å². The summed E-state index contributed by atoms with van der Waals surface area (Å²) in [4.78, 5) is 17.9. The number of nitrogens with two attached hydrogens (primary N) is 1. The smallest absolute Gasteiger partial charge is 0.242 e. The van der Waals surface area contributed by atoms with Crippen molar-refractivity contribution in [1.29, 1.82) is 0 Å². The number of nitrogens with zero attached hydrogens (tertiary/aromatic N) is 2. The molecule has 1 unspecified atom stereocenters. The number of hydrogen-bond acceptors (Lipinski definition) is 4. The van der Waals surface area contributed by atoms with Crippen LogP contribution in [0.25, 0.3) is 0 Å². The van der Waals surface area contributed by atoms with Gasteiger partial charge in [0.15, 0.2) is 0 Å². The molecule has 0 saturated carbocycles. The van der Waals surface area contributed by atoms with Gasteiger partial charge in [-0.2, -0.15) is 0 Å².